The smallest absolute Gasteiger partial charge is 0.379 e. The number of hydrogen-bond donors (Lipinski definition) is 3. The molecular weight excluding hydrogens is 487 g/mol. The molecule has 3 aromatic rings. The van der Waals surface area contributed by atoms with E-state index in [1.54, 1.807) is 0 Å². The Hall–Kier alpha value is -3.74. The molecule has 6 nitrogen and oxygen atoms in total. The van der Waals surface area contributed by atoms with Gasteiger partial charge >= 0.3 is 18.0 Å². The van der Waals surface area contributed by atoms with Crippen molar-refractivity contribution in [2.45, 2.75) is 31.4 Å². The second-order valence-corrected chi connectivity index (χ2v) is 7.53. The molecule has 2 atom stereocenters. The summed E-state index contributed by atoms with van der Waals surface area (Å²) in [6.45, 7) is 1.37. The Balaban J connectivity index is 1.95. The number of nitrogens with one attached hydrogen (secondary N) is 1. The number of aromatic nitrogens is 2. The predicted octanol–water partition coefficient (Wildman–Crippen LogP) is 4.52. The van der Waals surface area contributed by atoms with Crippen molar-refractivity contribution in [1.82, 2.24) is 10.3 Å². The lowest BCUT2D eigenvalue weighted by molar-refractivity contribution is -0.915. The molecule has 0 bridgehead atoms. The Bertz CT molecular complexity index is 1230. The number of pyridine rings is 2. The van der Waals surface area contributed by atoms with Crippen LogP contribution in [0.1, 0.15) is 46.2 Å². The second kappa shape index (κ2) is 9.49. The minimum atomic E-state index is -5.05. The van der Waals surface area contributed by atoms with Crippen LogP contribution in [0.2, 0.25) is 0 Å². The first-order valence-electron chi connectivity index (χ1n) is 9.81. The highest BCUT2D eigenvalue weighted by molar-refractivity contribution is 5.96. The van der Waals surface area contributed by atoms with Crippen LogP contribution < -0.4 is 10.0 Å². The van der Waals surface area contributed by atoms with Gasteiger partial charge in [0.2, 0.25) is 6.20 Å². The van der Waals surface area contributed by atoms with Gasteiger partial charge in [-0.15, -0.1) is 0 Å². The average Bonchev–Trinajstić information content (AvgIpc) is 2.77. The van der Waals surface area contributed by atoms with Gasteiger partial charge in [-0.2, -0.15) is 26.3 Å². The standard InChI is InChI=1S/C22H16F7N3O3/c1-11(12-2-5-18(21(24,25)26)32(35)10-12)31-20(34)15-7-13(17-4-3-16(23)9-30-17)6-14(8-15)19(33)22(27,28)29/h2-11,19,33H,1H3,(H-,31,34,35)/p+1/t11-,19?/m1/s1. The van der Waals surface area contributed by atoms with Crippen molar-refractivity contribution in [2.24, 2.45) is 0 Å². The first kappa shape index (κ1) is 25.9. The Morgan fingerprint density at radius 1 is 1.03 bits per heavy atom. The van der Waals surface area contributed by atoms with Crippen LogP contribution in [0, 0.1) is 5.82 Å². The van der Waals surface area contributed by atoms with Gasteiger partial charge < -0.3 is 10.4 Å². The Kier molecular flexibility index (Phi) is 7.01. The molecule has 2 aromatic heterocycles. The minimum absolute atomic E-state index is 0.0219. The van der Waals surface area contributed by atoms with Crippen LogP contribution in [0.15, 0.2) is 54.9 Å². The predicted molar refractivity (Wildman–Crippen MR) is 105 cm³/mol. The van der Waals surface area contributed by atoms with Crippen LogP contribution in [0.25, 0.3) is 11.3 Å². The third kappa shape index (κ3) is 6.04. The third-order valence-corrected chi connectivity index (χ3v) is 4.96. The average molecular weight is 504 g/mol. The Labute approximate surface area is 193 Å². The van der Waals surface area contributed by atoms with E-state index in [4.69, 9.17) is 0 Å². The highest BCUT2D eigenvalue weighted by atomic mass is 19.4. The van der Waals surface area contributed by atoms with Crippen molar-refractivity contribution in [3.63, 3.8) is 0 Å². The number of aliphatic hydroxyl groups is 1. The molecule has 0 aliphatic rings. The minimum Gasteiger partial charge on any atom is -0.379 e. The number of rotatable bonds is 5. The number of hydrogen-bond acceptors (Lipinski definition) is 4. The largest absolute Gasteiger partial charge is 0.482 e. The van der Waals surface area contributed by atoms with Crippen LogP contribution >= 0.6 is 0 Å². The van der Waals surface area contributed by atoms with Crippen molar-refractivity contribution in [3.8, 4) is 11.3 Å². The molecule has 0 aliphatic heterocycles. The fraction of sp³-hybridized carbons (Fsp3) is 0.227. The van der Waals surface area contributed by atoms with E-state index in [9.17, 15) is 45.8 Å². The number of benzene rings is 1. The quantitative estimate of drug-likeness (QED) is 0.271. The zero-order valence-electron chi connectivity index (χ0n) is 17.7. The zero-order valence-corrected chi connectivity index (χ0v) is 17.7. The second-order valence-electron chi connectivity index (χ2n) is 7.53. The van der Waals surface area contributed by atoms with Crippen molar-refractivity contribution in [3.05, 3.63) is 83.1 Å². The Morgan fingerprint density at radius 2 is 1.71 bits per heavy atom. The van der Waals surface area contributed by atoms with Gasteiger partial charge in [0.25, 0.3) is 5.91 Å². The molecule has 0 aliphatic carbocycles. The summed E-state index contributed by atoms with van der Waals surface area (Å²) in [7, 11) is 0. The molecule has 2 heterocycles. The highest BCUT2D eigenvalue weighted by Gasteiger charge is 2.42. The number of amides is 1. The van der Waals surface area contributed by atoms with Crippen molar-refractivity contribution >= 4 is 5.91 Å². The van der Waals surface area contributed by atoms with Crippen LogP contribution in [0.3, 0.4) is 0 Å². The first-order valence-corrected chi connectivity index (χ1v) is 9.81. The van der Waals surface area contributed by atoms with Gasteiger partial charge in [0.15, 0.2) is 6.10 Å². The molecule has 1 amide bonds. The number of aliphatic hydroxyl groups excluding tert-OH is 1. The molecule has 1 aromatic carbocycles. The van der Waals surface area contributed by atoms with Gasteiger partial charge in [0.1, 0.15) is 5.82 Å². The fourth-order valence-corrected chi connectivity index (χ4v) is 3.17. The van der Waals surface area contributed by atoms with Crippen LogP contribution in [-0.2, 0) is 6.18 Å². The molecule has 0 spiro atoms. The molecule has 0 saturated carbocycles. The summed E-state index contributed by atoms with van der Waals surface area (Å²) in [5.74, 6) is -1.63. The van der Waals surface area contributed by atoms with E-state index < -0.39 is 47.5 Å². The summed E-state index contributed by atoms with van der Waals surface area (Å²) in [6, 6.07) is 5.71. The van der Waals surface area contributed by atoms with Crippen LogP contribution in [0.4, 0.5) is 30.7 Å². The molecular formula is C22H17F7N3O3+. The molecule has 35 heavy (non-hydrogen) atoms. The maximum atomic E-state index is 13.2. The van der Waals surface area contributed by atoms with E-state index in [0.29, 0.717) is 6.07 Å². The topological polar surface area (TPSA) is 86.3 Å². The van der Waals surface area contributed by atoms with E-state index in [0.717, 1.165) is 42.7 Å². The number of alkyl halides is 6. The number of carbonyl (C=O) groups excluding carboxylic acids is 1. The van der Waals surface area contributed by atoms with Gasteiger partial charge in [-0.25, -0.2) is 4.39 Å². The summed E-state index contributed by atoms with van der Waals surface area (Å²) in [5.41, 5.74) is -2.31. The molecule has 0 radical (unpaired) electrons. The zero-order chi connectivity index (χ0) is 26.1. The summed E-state index contributed by atoms with van der Waals surface area (Å²) >= 11 is 0. The number of halogens is 7. The van der Waals surface area contributed by atoms with E-state index in [-0.39, 0.29) is 27.1 Å². The maximum Gasteiger partial charge on any atom is 0.482 e. The van der Waals surface area contributed by atoms with E-state index in [2.05, 4.69) is 10.3 Å². The van der Waals surface area contributed by atoms with Crippen LogP contribution in [-0.4, -0.2) is 27.4 Å². The van der Waals surface area contributed by atoms with Crippen molar-refractivity contribution in [2.75, 3.05) is 0 Å². The number of carbonyl (C=O) groups is 1. The summed E-state index contributed by atoms with van der Waals surface area (Å²) in [6.07, 6.45) is -11.3. The lowest BCUT2D eigenvalue weighted by Crippen LogP contribution is -2.40. The maximum absolute atomic E-state index is 13.2. The third-order valence-electron chi connectivity index (χ3n) is 4.96. The van der Waals surface area contributed by atoms with E-state index in [1.165, 1.54) is 13.0 Å². The molecule has 3 N–H and O–H groups in total. The summed E-state index contributed by atoms with van der Waals surface area (Å²) in [5, 5.41) is 21.7. The van der Waals surface area contributed by atoms with Crippen molar-refractivity contribution in [1.29, 1.82) is 0 Å². The highest BCUT2D eigenvalue weighted by Crippen LogP contribution is 2.35. The number of nitrogens with zero attached hydrogens (tertiary/aromatic N) is 2. The van der Waals surface area contributed by atoms with Gasteiger partial charge in [0, 0.05) is 27.5 Å². The molecule has 186 valence electrons. The normalized spacial score (nSPS) is 13.9. The van der Waals surface area contributed by atoms with Gasteiger partial charge in [0.05, 0.1) is 17.9 Å². The van der Waals surface area contributed by atoms with Gasteiger partial charge in [-0.05, 0) is 48.9 Å². The molecule has 1 unspecified atom stereocenters. The van der Waals surface area contributed by atoms with Crippen molar-refractivity contribution < 1.29 is 50.6 Å². The molecule has 0 saturated heterocycles. The fourth-order valence-electron chi connectivity index (χ4n) is 3.17. The van der Waals surface area contributed by atoms with E-state index >= 15 is 0 Å². The molecule has 13 heteroatoms. The summed E-state index contributed by atoms with van der Waals surface area (Å²) < 4.78 is 90.9. The van der Waals surface area contributed by atoms with Gasteiger partial charge in [-0.1, -0.05) is 0 Å². The Morgan fingerprint density at radius 3 is 2.26 bits per heavy atom. The van der Waals surface area contributed by atoms with E-state index in [1.807, 2.05) is 0 Å². The summed E-state index contributed by atoms with van der Waals surface area (Å²) in [4.78, 5) is 16.6. The first-order chi connectivity index (χ1) is 16.2. The lowest BCUT2D eigenvalue weighted by atomic mass is 9.98. The molecule has 3 rings (SSSR count). The molecule has 0 fully saturated rings. The van der Waals surface area contributed by atoms with Gasteiger partial charge in [-0.3, -0.25) is 15.0 Å². The monoisotopic (exact) mass is 504 g/mol. The lowest BCUT2D eigenvalue weighted by Gasteiger charge is -2.18. The SMILES string of the molecule is C[C@@H](NC(=O)c1cc(-c2ccc(F)cn2)cc(C(O)C(F)(F)F)c1)c1ccc(C(F)(F)F)[n+](O)c1. The van der Waals surface area contributed by atoms with Crippen LogP contribution in [0.5, 0.6) is 0 Å².